The van der Waals surface area contributed by atoms with Crippen LogP contribution in [0, 0.1) is 35.0 Å². The van der Waals surface area contributed by atoms with Gasteiger partial charge in [-0.1, -0.05) is 32.1 Å². The lowest BCUT2D eigenvalue weighted by atomic mass is 9.86. The Morgan fingerprint density at radius 1 is 0.676 bits per heavy atom. The summed E-state index contributed by atoms with van der Waals surface area (Å²) in [5, 5.41) is 4.23. The van der Waals surface area contributed by atoms with Crippen molar-refractivity contribution in [2.24, 2.45) is 5.92 Å². The lowest BCUT2D eigenvalue weighted by Crippen LogP contribution is -2.40. The van der Waals surface area contributed by atoms with Gasteiger partial charge >= 0.3 is 5.97 Å². The van der Waals surface area contributed by atoms with Crippen LogP contribution in [-0.4, -0.2) is 36.7 Å². The van der Waals surface area contributed by atoms with E-state index in [-0.39, 0.29) is 24.5 Å². The van der Waals surface area contributed by atoms with Gasteiger partial charge in [0.25, 0.3) is 0 Å². The Kier molecular flexibility index (Phi) is 10.4. The SMILES string of the molecule is O=C(CCC(=O)C1CCCCCCC1)NCC(=O)NCC(=O)Oc1c(F)c(F)c(F)c(F)c1F. The summed E-state index contributed by atoms with van der Waals surface area (Å²) >= 11 is 0. The first-order valence-corrected chi connectivity index (χ1v) is 10.9. The first kappa shape index (κ1) is 27.2. The summed E-state index contributed by atoms with van der Waals surface area (Å²) < 4.78 is 70.3. The van der Waals surface area contributed by atoms with Gasteiger partial charge in [0.2, 0.25) is 46.6 Å². The van der Waals surface area contributed by atoms with E-state index >= 15 is 0 Å². The Hall–Kier alpha value is -3.05. The van der Waals surface area contributed by atoms with Gasteiger partial charge in [0, 0.05) is 18.8 Å². The van der Waals surface area contributed by atoms with E-state index in [0.717, 1.165) is 38.5 Å². The van der Waals surface area contributed by atoms with E-state index in [0.29, 0.717) is 0 Å². The minimum atomic E-state index is -2.41. The number of rotatable bonds is 9. The van der Waals surface area contributed by atoms with E-state index in [1.165, 1.54) is 6.42 Å². The summed E-state index contributed by atoms with van der Waals surface area (Å²) in [6.07, 6.45) is 6.87. The molecule has 0 radical (unpaired) electrons. The number of carbonyl (C=O) groups excluding carboxylic acids is 4. The van der Waals surface area contributed by atoms with E-state index in [1.54, 1.807) is 0 Å². The second-order valence-corrected chi connectivity index (χ2v) is 7.93. The van der Waals surface area contributed by atoms with Crippen molar-refractivity contribution in [3.8, 4) is 5.75 Å². The minimum Gasteiger partial charge on any atom is -0.419 e. The van der Waals surface area contributed by atoms with Crippen LogP contribution in [-0.2, 0) is 19.2 Å². The first-order valence-electron chi connectivity index (χ1n) is 10.9. The van der Waals surface area contributed by atoms with Gasteiger partial charge < -0.3 is 15.4 Å². The number of amides is 2. The molecule has 2 amide bonds. The molecule has 0 saturated heterocycles. The standard InChI is InChI=1S/C22H25F5N2O5/c23-17-18(24)20(26)22(21(27)19(17)25)34-16(33)11-29-15(32)10-28-14(31)9-8-13(30)12-6-4-2-1-3-5-7-12/h12H,1-11H2,(H,28,31)(H,29,32). The zero-order chi connectivity index (χ0) is 25.3. The fourth-order valence-electron chi connectivity index (χ4n) is 3.54. The Balaban J connectivity index is 1.71. The summed E-state index contributed by atoms with van der Waals surface area (Å²) in [7, 11) is 0. The van der Waals surface area contributed by atoms with Gasteiger partial charge in [-0.3, -0.25) is 14.4 Å². The van der Waals surface area contributed by atoms with E-state index in [9.17, 15) is 41.1 Å². The van der Waals surface area contributed by atoms with Crippen LogP contribution >= 0.6 is 0 Å². The maximum Gasteiger partial charge on any atom is 0.331 e. The molecule has 1 saturated carbocycles. The van der Waals surface area contributed by atoms with Crippen LogP contribution < -0.4 is 15.4 Å². The summed E-state index contributed by atoms with van der Waals surface area (Å²) in [6.45, 7) is -1.53. The van der Waals surface area contributed by atoms with E-state index in [1.807, 2.05) is 5.32 Å². The van der Waals surface area contributed by atoms with Crippen molar-refractivity contribution < 1.29 is 45.9 Å². The summed E-state index contributed by atoms with van der Waals surface area (Å²) in [5.74, 6) is -16.4. The van der Waals surface area contributed by atoms with Gasteiger partial charge in [0.1, 0.15) is 12.3 Å². The lowest BCUT2D eigenvalue weighted by molar-refractivity contribution is -0.136. The highest BCUT2D eigenvalue weighted by molar-refractivity contribution is 5.89. The van der Waals surface area contributed by atoms with Crippen molar-refractivity contribution in [1.82, 2.24) is 10.6 Å². The molecular weight excluding hydrogens is 467 g/mol. The molecule has 0 atom stereocenters. The molecule has 2 N–H and O–H groups in total. The normalized spacial score (nSPS) is 14.6. The Morgan fingerprint density at radius 2 is 1.18 bits per heavy atom. The van der Waals surface area contributed by atoms with Crippen LogP contribution in [0.25, 0.3) is 0 Å². The predicted molar refractivity (Wildman–Crippen MR) is 108 cm³/mol. The van der Waals surface area contributed by atoms with Gasteiger partial charge in [0.05, 0.1) is 6.54 Å². The molecular formula is C22H25F5N2O5. The number of hydrogen-bond acceptors (Lipinski definition) is 5. The highest BCUT2D eigenvalue weighted by atomic mass is 19.2. The molecule has 0 unspecified atom stereocenters. The van der Waals surface area contributed by atoms with Gasteiger partial charge in [-0.25, -0.2) is 18.0 Å². The number of ether oxygens (including phenoxy) is 1. The van der Waals surface area contributed by atoms with Crippen LogP contribution in [0.15, 0.2) is 0 Å². The van der Waals surface area contributed by atoms with Gasteiger partial charge in [-0.05, 0) is 12.8 Å². The molecule has 1 aliphatic rings. The van der Waals surface area contributed by atoms with Crippen molar-refractivity contribution in [2.45, 2.75) is 57.8 Å². The van der Waals surface area contributed by atoms with Crippen LogP contribution in [0.1, 0.15) is 57.8 Å². The quantitative estimate of drug-likeness (QED) is 0.181. The molecule has 7 nitrogen and oxygen atoms in total. The van der Waals surface area contributed by atoms with E-state index in [4.69, 9.17) is 0 Å². The monoisotopic (exact) mass is 492 g/mol. The Morgan fingerprint density at radius 3 is 1.76 bits per heavy atom. The van der Waals surface area contributed by atoms with Gasteiger partial charge in [-0.15, -0.1) is 0 Å². The number of nitrogens with one attached hydrogen (secondary N) is 2. The van der Waals surface area contributed by atoms with Gasteiger partial charge in [0.15, 0.2) is 0 Å². The zero-order valence-electron chi connectivity index (χ0n) is 18.3. The predicted octanol–water partition coefficient (Wildman–Crippen LogP) is 3.23. The number of ketones is 1. The van der Waals surface area contributed by atoms with E-state index < -0.39 is 65.7 Å². The van der Waals surface area contributed by atoms with Crippen LogP contribution in [0.2, 0.25) is 0 Å². The fraction of sp³-hybridized carbons (Fsp3) is 0.545. The van der Waals surface area contributed by atoms with Crippen LogP contribution in [0.5, 0.6) is 5.75 Å². The molecule has 188 valence electrons. The molecule has 1 fully saturated rings. The zero-order valence-corrected chi connectivity index (χ0v) is 18.3. The topological polar surface area (TPSA) is 102 Å². The van der Waals surface area contributed by atoms with Crippen molar-refractivity contribution in [3.05, 3.63) is 29.1 Å². The smallest absolute Gasteiger partial charge is 0.331 e. The molecule has 0 heterocycles. The average Bonchev–Trinajstić information content (AvgIpc) is 2.79. The number of benzene rings is 1. The molecule has 1 aliphatic carbocycles. The third-order valence-corrected chi connectivity index (χ3v) is 5.42. The second kappa shape index (κ2) is 13.0. The molecule has 12 heteroatoms. The molecule has 2 rings (SSSR count). The largest absolute Gasteiger partial charge is 0.419 e. The van der Waals surface area contributed by atoms with E-state index in [2.05, 4.69) is 10.1 Å². The third-order valence-electron chi connectivity index (χ3n) is 5.42. The van der Waals surface area contributed by atoms with Crippen LogP contribution in [0.4, 0.5) is 22.0 Å². The molecule has 1 aromatic rings. The number of esters is 1. The van der Waals surface area contributed by atoms with Crippen molar-refractivity contribution >= 4 is 23.6 Å². The first-order chi connectivity index (χ1) is 16.1. The fourth-order valence-corrected chi connectivity index (χ4v) is 3.54. The van der Waals surface area contributed by atoms with Gasteiger partial charge in [-0.2, -0.15) is 8.78 Å². The number of halogens is 5. The van der Waals surface area contributed by atoms with Crippen molar-refractivity contribution in [1.29, 1.82) is 0 Å². The Bertz CT molecular complexity index is 904. The lowest BCUT2D eigenvalue weighted by Gasteiger charge is -2.18. The maximum absolute atomic E-state index is 13.5. The average molecular weight is 492 g/mol. The maximum atomic E-state index is 13.5. The van der Waals surface area contributed by atoms with Crippen molar-refractivity contribution in [3.63, 3.8) is 0 Å². The molecule has 0 aromatic heterocycles. The second-order valence-electron chi connectivity index (χ2n) is 7.93. The number of hydrogen-bond donors (Lipinski definition) is 2. The van der Waals surface area contributed by atoms with Crippen LogP contribution in [0.3, 0.4) is 0 Å². The highest BCUT2D eigenvalue weighted by Crippen LogP contribution is 2.29. The highest BCUT2D eigenvalue weighted by Gasteiger charge is 2.28. The molecule has 0 aliphatic heterocycles. The summed E-state index contributed by atoms with van der Waals surface area (Å²) in [5.41, 5.74) is 0. The third kappa shape index (κ3) is 7.77. The molecule has 0 bridgehead atoms. The molecule has 1 aromatic carbocycles. The minimum absolute atomic E-state index is 0.0115. The number of carbonyl (C=O) groups is 4. The van der Waals surface area contributed by atoms with Crippen molar-refractivity contribution in [2.75, 3.05) is 13.1 Å². The Labute approximate surface area is 192 Å². The molecule has 34 heavy (non-hydrogen) atoms. The summed E-state index contributed by atoms with van der Waals surface area (Å²) in [6, 6.07) is 0. The number of Topliss-reactive ketones (excluding diaryl/α,β-unsaturated/α-hetero) is 1. The summed E-state index contributed by atoms with van der Waals surface area (Å²) in [4.78, 5) is 47.5. The molecule has 0 spiro atoms.